The van der Waals surface area contributed by atoms with Gasteiger partial charge >= 0.3 is 5.97 Å². The fourth-order valence-electron chi connectivity index (χ4n) is 3.85. The molecule has 0 unspecified atom stereocenters. The number of aromatic nitrogens is 1. The van der Waals surface area contributed by atoms with Crippen molar-refractivity contribution in [2.24, 2.45) is 11.3 Å². The summed E-state index contributed by atoms with van der Waals surface area (Å²) >= 11 is 0. The zero-order valence-corrected chi connectivity index (χ0v) is 15.7. The predicted molar refractivity (Wildman–Crippen MR) is 97.9 cm³/mol. The average molecular weight is 346 g/mol. The maximum atomic E-state index is 12.7. The minimum atomic E-state index is -0.242. The van der Waals surface area contributed by atoms with Gasteiger partial charge in [0.2, 0.25) is 0 Å². The molecule has 0 radical (unpaired) electrons. The van der Waals surface area contributed by atoms with Gasteiger partial charge in [0.1, 0.15) is 17.5 Å². The minimum Gasteiger partial charge on any atom is -0.459 e. The highest BCUT2D eigenvalue weighted by Gasteiger charge is 2.32. The highest BCUT2D eigenvalue weighted by molar-refractivity contribution is 5.94. The number of nitrogens with zero attached hydrogens (tertiary/aromatic N) is 2. The van der Waals surface area contributed by atoms with Crippen LogP contribution in [-0.2, 0) is 9.47 Å². The van der Waals surface area contributed by atoms with Gasteiger partial charge in [0.15, 0.2) is 0 Å². The molecule has 0 aromatic carbocycles. The van der Waals surface area contributed by atoms with E-state index in [2.05, 4.69) is 30.7 Å². The molecule has 25 heavy (non-hydrogen) atoms. The van der Waals surface area contributed by atoms with Crippen LogP contribution in [-0.4, -0.2) is 43.4 Å². The van der Waals surface area contributed by atoms with Crippen LogP contribution in [0.4, 0.5) is 5.82 Å². The summed E-state index contributed by atoms with van der Waals surface area (Å²) in [5.41, 5.74) is 0.907. The van der Waals surface area contributed by atoms with Crippen molar-refractivity contribution in [3.05, 3.63) is 23.9 Å². The van der Waals surface area contributed by atoms with Gasteiger partial charge in [-0.2, -0.15) is 0 Å². The summed E-state index contributed by atoms with van der Waals surface area (Å²) in [5, 5.41) is 0. The third-order valence-corrected chi connectivity index (χ3v) is 5.49. The molecule has 0 spiro atoms. The third kappa shape index (κ3) is 4.51. The number of rotatable bonds is 3. The van der Waals surface area contributed by atoms with E-state index < -0.39 is 0 Å². The summed E-state index contributed by atoms with van der Waals surface area (Å²) < 4.78 is 11.2. The van der Waals surface area contributed by atoms with Gasteiger partial charge in [-0.15, -0.1) is 0 Å². The van der Waals surface area contributed by atoms with E-state index in [1.54, 1.807) is 12.3 Å². The predicted octanol–water partition coefficient (Wildman–Crippen LogP) is 3.68. The highest BCUT2D eigenvalue weighted by atomic mass is 16.5. The lowest BCUT2D eigenvalue weighted by Gasteiger charge is -2.36. The van der Waals surface area contributed by atoms with E-state index in [1.807, 2.05) is 6.07 Å². The second-order valence-electron chi connectivity index (χ2n) is 8.22. The van der Waals surface area contributed by atoms with Gasteiger partial charge < -0.3 is 14.4 Å². The number of morpholine rings is 1. The highest BCUT2D eigenvalue weighted by Crippen LogP contribution is 2.38. The van der Waals surface area contributed by atoms with Crippen molar-refractivity contribution in [3.63, 3.8) is 0 Å². The first-order valence-corrected chi connectivity index (χ1v) is 9.44. The number of ether oxygens (including phenoxy) is 2. The maximum absolute atomic E-state index is 12.7. The van der Waals surface area contributed by atoms with Crippen molar-refractivity contribution in [2.45, 2.75) is 52.6 Å². The van der Waals surface area contributed by atoms with Crippen molar-refractivity contribution >= 4 is 11.8 Å². The Labute approximate surface area is 150 Å². The largest absolute Gasteiger partial charge is 0.459 e. The fourth-order valence-corrected chi connectivity index (χ4v) is 3.85. The number of pyridine rings is 1. The van der Waals surface area contributed by atoms with Gasteiger partial charge in [0.05, 0.1) is 13.2 Å². The third-order valence-electron chi connectivity index (χ3n) is 5.49. The van der Waals surface area contributed by atoms with E-state index in [4.69, 9.17) is 9.47 Å². The lowest BCUT2D eigenvalue weighted by atomic mass is 9.72. The molecule has 2 fully saturated rings. The number of anilines is 1. The second kappa shape index (κ2) is 7.73. The molecule has 0 atom stereocenters. The molecule has 1 aromatic rings. The van der Waals surface area contributed by atoms with Crippen LogP contribution in [0.5, 0.6) is 0 Å². The fraction of sp³-hybridized carbons (Fsp3) is 0.700. The molecule has 1 aliphatic carbocycles. The maximum Gasteiger partial charge on any atom is 0.342 e. The first-order chi connectivity index (χ1) is 11.9. The summed E-state index contributed by atoms with van der Waals surface area (Å²) in [6, 6.07) is 3.62. The van der Waals surface area contributed by atoms with Crippen LogP contribution < -0.4 is 4.90 Å². The number of hydrogen-bond acceptors (Lipinski definition) is 5. The number of carbonyl (C=O) groups is 1. The molecule has 1 saturated heterocycles. The first kappa shape index (κ1) is 18.2. The van der Waals surface area contributed by atoms with Gasteiger partial charge in [-0.3, -0.25) is 0 Å². The Morgan fingerprint density at radius 2 is 1.88 bits per heavy atom. The van der Waals surface area contributed by atoms with E-state index >= 15 is 0 Å². The average Bonchev–Trinajstić information content (AvgIpc) is 2.62. The molecule has 1 aromatic heterocycles. The molecular weight excluding hydrogens is 316 g/mol. The van der Waals surface area contributed by atoms with Gasteiger partial charge in [-0.25, -0.2) is 9.78 Å². The van der Waals surface area contributed by atoms with Crippen LogP contribution in [0.2, 0.25) is 0 Å². The summed E-state index contributed by atoms with van der Waals surface area (Å²) in [4.78, 5) is 19.3. The van der Waals surface area contributed by atoms with Gasteiger partial charge in [0, 0.05) is 19.3 Å². The van der Waals surface area contributed by atoms with Crippen LogP contribution in [0.3, 0.4) is 0 Å². The Hall–Kier alpha value is -1.62. The molecule has 5 heteroatoms. The Bertz CT molecular complexity index is 583. The Balaban J connectivity index is 1.62. The van der Waals surface area contributed by atoms with Gasteiger partial charge in [-0.1, -0.05) is 20.8 Å². The molecule has 0 N–H and O–H groups in total. The van der Waals surface area contributed by atoms with Crippen LogP contribution >= 0.6 is 0 Å². The number of hydrogen-bond donors (Lipinski definition) is 0. The Morgan fingerprint density at radius 1 is 1.20 bits per heavy atom. The molecule has 2 heterocycles. The summed E-state index contributed by atoms with van der Waals surface area (Å²) in [6.07, 6.45) is 5.94. The smallest absolute Gasteiger partial charge is 0.342 e. The minimum absolute atomic E-state index is 0.0313. The molecule has 3 rings (SSSR count). The van der Waals surface area contributed by atoms with Crippen molar-refractivity contribution in [1.82, 2.24) is 4.98 Å². The Morgan fingerprint density at radius 3 is 2.52 bits per heavy atom. The molecule has 1 aliphatic heterocycles. The van der Waals surface area contributed by atoms with E-state index in [9.17, 15) is 4.79 Å². The van der Waals surface area contributed by atoms with Crippen LogP contribution in [0.15, 0.2) is 18.3 Å². The number of esters is 1. The molecule has 0 bridgehead atoms. The normalized spacial score (nSPS) is 24.8. The van der Waals surface area contributed by atoms with E-state index in [0.29, 0.717) is 30.1 Å². The Kier molecular flexibility index (Phi) is 5.62. The molecule has 1 saturated carbocycles. The van der Waals surface area contributed by atoms with Gasteiger partial charge in [-0.05, 0) is 49.1 Å². The van der Waals surface area contributed by atoms with E-state index in [-0.39, 0.29) is 12.1 Å². The zero-order chi connectivity index (χ0) is 17.9. The quantitative estimate of drug-likeness (QED) is 0.782. The SMILES string of the molecule is CC(C)(C)C1CCC(OC(=O)c2cccnc2N2CCOCC2)CC1. The van der Waals surface area contributed by atoms with Crippen LogP contribution in [0.1, 0.15) is 56.8 Å². The van der Waals surface area contributed by atoms with Crippen molar-refractivity contribution in [3.8, 4) is 0 Å². The lowest BCUT2D eigenvalue weighted by molar-refractivity contribution is 0.00928. The van der Waals surface area contributed by atoms with Crippen molar-refractivity contribution < 1.29 is 14.3 Å². The topological polar surface area (TPSA) is 51.7 Å². The molecule has 0 amide bonds. The van der Waals surface area contributed by atoms with Crippen molar-refractivity contribution in [2.75, 3.05) is 31.2 Å². The molecule has 138 valence electrons. The summed E-state index contributed by atoms with van der Waals surface area (Å²) in [7, 11) is 0. The lowest BCUT2D eigenvalue weighted by Crippen LogP contribution is -2.38. The summed E-state index contributed by atoms with van der Waals surface area (Å²) in [6.45, 7) is 9.75. The van der Waals surface area contributed by atoms with E-state index in [0.717, 1.165) is 44.6 Å². The molecular formula is C20H30N2O3. The second-order valence-corrected chi connectivity index (χ2v) is 8.22. The van der Waals surface area contributed by atoms with E-state index in [1.165, 1.54) is 0 Å². The van der Waals surface area contributed by atoms with Crippen LogP contribution in [0, 0.1) is 11.3 Å². The zero-order valence-electron chi connectivity index (χ0n) is 15.7. The standard InChI is InChI=1S/C20H30N2O3/c1-20(2,3)15-6-8-16(9-7-15)25-19(23)17-5-4-10-21-18(17)22-11-13-24-14-12-22/h4-5,10,15-16H,6-9,11-14H2,1-3H3. The van der Waals surface area contributed by atoms with Crippen molar-refractivity contribution in [1.29, 1.82) is 0 Å². The van der Waals surface area contributed by atoms with Crippen LogP contribution in [0.25, 0.3) is 0 Å². The number of carbonyl (C=O) groups excluding carboxylic acids is 1. The molecule has 2 aliphatic rings. The van der Waals surface area contributed by atoms with Gasteiger partial charge in [0.25, 0.3) is 0 Å². The monoisotopic (exact) mass is 346 g/mol. The first-order valence-electron chi connectivity index (χ1n) is 9.44. The summed E-state index contributed by atoms with van der Waals surface area (Å²) in [5.74, 6) is 1.19. The molecule has 5 nitrogen and oxygen atoms in total.